The van der Waals surface area contributed by atoms with Crippen molar-refractivity contribution in [3.8, 4) is 27.9 Å². The van der Waals surface area contributed by atoms with E-state index in [9.17, 15) is 0 Å². The van der Waals surface area contributed by atoms with Crippen molar-refractivity contribution >= 4 is 81.1 Å². The van der Waals surface area contributed by atoms with Crippen molar-refractivity contribution in [1.29, 1.82) is 0 Å². The Labute approximate surface area is 323 Å². The van der Waals surface area contributed by atoms with Crippen LogP contribution in [0.25, 0.3) is 80.7 Å². The van der Waals surface area contributed by atoms with Crippen LogP contribution in [-0.2, 0) is 0 Å². The maximum atomic E-state index is 2.42. The first-order valence-electron chi connectivity index (χ1n) is 18.7. The molecule has 2 aromatic heterocycles. The molecule has 0 aliphatic carbocycles. The molecule has 0 spiro atoms. The minimum Gasteiger partial charge on any atom is -0.310 e. The molecule has 0 amide bonds. The molecule has 0 radical (unpaired) electrons. The molecule has 0 unspecified atom stereocenters. The summed E-state index contributed by atoms with van der Waals surface area (Å²) in [6.45, 7) is 0. The quantitative estimate of drug-likeness (QED) is 0.166. The van der Waals surface area contributed by atoms with Gasteiger partial charge in [0.1, 0.15) is 0 Å². The van der Waals surface area contributed by atoms with E-state index in [1.807, 2.05) is 11.3 Å². The average Bonchev–Trinajstić information content (AvgIpc) is 3.79. The van der Waals surface area contributed by atoms with Crippen LogP contribution in [0.3, 0.4) is 0 Å². The Morgan fingerprint density at radius 2 is 0.873 bits per heavy atom. The van der Waals surface area contributed by atoms with Crippen molar-refractivity contribution in [1.82, 2.24) is 4.57 Å². The van der Waals surface area contributed by atoms with Gasteiger partial charge in [-0.2, -0.15) is 0 Å². The molecule has 11 aromatic rings. The van der Waals surface area contributed by atoms with E-state index >= 15 is 0 Å². The molecule has 0 saturated heterocycles. The lowest BCUT2D eigenvalue weighted by atomic mass is 10.0. The largest absolute Gasteiger partial charge is 0.310 e. The highest BCUT2D eigenvalue weighted by atomic mass is 32.1. The van der Waals surface area contributed by atoms with Crippen molar-refractivity contribution in [2.75, 3.05) is 4.90 Å². The Morgan fingerprint density at radius 1 is 0.327 bits per heavy atom. The lowest BCUT2D eigenvalue weighted by Gasteiger charge is -2.26. The van der Waals surface area contributed by atoms with E-state index in [0.717, 1.165) is 22.7 Å². The zero-order valence-electron chi connectivity index (χ0n) is 29.9. The van der Waals surface area contributed by atoms with Crippen LogP contribution < -0.4 is 4.90 Å². The summed E-state index contributed by atoms with van der Waals surface area (Å²) in [4.78, 5) is 2.40. The Morgan fingerprint density at radius 3 is 1.69 bits per heavy atom. The minimum absolute atomic E-state index is 1.10. The Bertz CT molecular complexity index is 3190. The molecule has 11 rings (SSSR count). The van der Waals surface area contributed by atoms with E-state index < -0.39 is 0 Å². The molecule has 2 heterocycles. The van der Waals surface area contributed by atoms with E-state index in [2.05, 4.69) is 216 Å². The van der Waals surface area contributed by atoms with Crippen LogP contribution in [0, 0.1) is 0 Å². The SMILES string of the molecule is c1ccc(-c2ccc3c4ccc(N(c5ccc(-c6ccc7c(c6)sc6ccccc67)cc5)c5ccc6ccccc6c5)cc4n(-c4ccccc4)c3c2)cc1. The van der Waals surface area contributed by atoms with E-state index in [1.54, 1.807) is 0 Å². The van der Waals surface area contributed by atoms with Crippen LogP contribution in [0.4, 0.5) is 17.1 Å². The normalized spacial score (nSPS) is 11.6. The maximum Gasteiger partial charge on any atom is 0.0561 e. The van der Waals surface area contributed by atoms with Gasteiger partial charge in [-0.1, -0.05) is 140 Å². The van der Waals surface area contributed by atoms with Gasteiger partial charge in [0.05, 0.1) is 11.0 Å². The topological polar surface area (TPSA) is 8.17 Å². The molecule has 258 valence electrons. The molecule has 0 fully saturated rings. The monoisotopic (exact) mass is 718 g/mol. The van der Waals surface area contributed by atoms with Gasteiger partial charge in [0.25, 0.3) is 0 Å². The summed E-state index contributed by atoms with van der Waals surface area (Å²) >= 11 is 1.86. The molecule has 2 nitrogen and oxygen atoms in total. The third kappa shape index (κ3) is 5.40. The zero-order chi connectivity index (χ0) is 36.3. The third-order valence-corrected chi connectivity index (χ3v) is 12.1. The predicted molar refractivity (Wildman–Crippen MR) is 237 cm³/mol. The molecular formula is C52H34N2S. The number of nitrogens with zero attached hydrogens (tertiary/aromatic N) is 2. The number of hydrogen-bond acceptors (Lipinski definition) is 2. The number of benzene rings is 9. The van der Waals surface area contributed by atoms with Gasteiger partial charge < -0.3 is 9.47 Å². The Kier molecular flexibility index (Phi) is 7.39. The summed E-state index contributed by atoms with van der Waals surface area (Å²) in [6.07, 6.45) is 0. The summed E-state index contributed by atoms with van der Waals surface area (Å²) in [5.74, 6) is 0. The second-order valence-corrected chi connectivity index (χ2v) is 15.3. The molecule has 0 aliphatic heterocycles. The fraction of sp³-hybridized carbons (Fsp3) is 0. The molecule has 9 aromatic carbocycles. The van der Waals surface area contributed by atoms with Gasteiger partial charge in [-0.05, 0) is 99.8 Å². The Balaban J connectivity index is 1.08. The fourth-order valence-corrected chi connectivity index (χ4v) is 9.43. The van der Waals surface area contributed by atoms with E-state index in [4.69, 9.17) is 0 Å². The van der Waals surface area contributed by atoms with E-state index in [0.29, 0.717) is 0 Å². The zero-order valence-corrected chi connectivity index (χ0v) is 30.7. The predicted octanol–water partition coefficient (Wildman–Crippen LogP) is 15.1. The number of hydrogen-bond donors (Lipinski definition) is 0. The molecule has 0 aliphatic rings. The van der Waals surface area contributed by atoms with Crippen LogP contribution in [0.1, 0.15) is 0 Å². The molecule has 0 bridgehead atoms. The number of para-hydroxylation sites is 1. The summed E-state index contributed by atoms with van der Waals surface area (Å²) in [5, 5.41) is 7.56. The highest BCUT2D eigenvalue weighted by Gasteiger charge is 2.19. The summed E-state index contributed by atoms with van der Waals surface area (Å²) < 4.78 is 5.07. The van der Waals surface area contributed by atoms with Crippen LogP contribution in [0.15, 0.2) is 206 Å². The molecule has 55 heavy (non-hydrogen) atoms. The van der Waals surface area contributed by atoms with E-state index in [-0.39, 0.29) is 0 Å². The first-order chi connectivity index (χ1) is 27.2. The first-order valence-corrected chi connectivity index (χ1v) is 19.6. The third-order valence-electron chi connectivity index (χ3n) is 11.0. The van der Waals surface area contributed by atoms with Gasteiger partial charge in [0, 0.05) is 53.7 Å². The van der Waals surface area contributed by atoms with Crippen LogP contribution in [0.5, 0.6) is 0 Å². The highest BCUT2D eigenvalue weighted by Crippen LogP contribution is 2.42. The van der Waals surface area contributed by atoms with Crippen molar-refractivity contribution in [2.24, 2.45) is 0 Å². The number of rotatable bonds is 6. The van der Waals surface area contributed by atoms with Crippen molar-refractivity contribution < 1.29 is 0 Å². The van der Waals surface area contributed by atoms with Gasteiger partial charge in [-0.3, -0.25) is 0 Å². The minimum atomic E-state index is 1.10. The van der Waals surface area contributed by atoms with Gasteiger partial charge >= 0.3 is 0 Å². The standard InChI is InChI=1S/C52H34N2S/c1-3-11-35(12-4-1)39-22-28-45-46-30-27-44(34-50(46)54(49(45)32-39)41-15-5-2-6-16-41)53(43-26-21-36-13-7-8-14-38(36)31-43)42-24-19-37(20-25-42)40-23-29-48-47-17-9-10-18-51(47)55-52(48)33-40/h1-34H. The lowest BCUT2D eigenvalue weighted by Crippen LogP contribution is -2.10. The second kappa shape index (κ2) is 12.9. The van der Waals surface area contributed by atoms with Gasteiger partial charge in [-0.15, -0.1) is 11.3 Å². The summed E-state index contributed by atoms with van der Waals surface area (Å²) in [7, 11) is 0. The van der Waals surface area contributed by atoms with Crippen molar-refractivity contribution in [2.45, 2.75) is 0 Å². The van der Waals surface area contributed by atoms with Gasteiger partial charge in [0.15, 0.2) is 0 Å². The smallest absolute Gasteiger partial charge is 0.0561 e. The maximum absolute atomic E-state index is 2.42. The molecule has 0 saturated carbocycles. The number of thiophene rings is 1. The molecule has 0 atom stereocenters. The number of anilines is 3. The highest BCUT2D eigenvalue weighted by molar-refractivity contribution is 7.25. The second-order valence-electron chi connectivity index (χ2n) is 14.2. The van der Waals surface area contributed by atoms with Gasteiger partial charge in [0.2, 0.25) is 0 Å². The van der Waals surface area contributed by atoms with Gasteiger partial charge in [-0.25, -0.2) is 0 Å². The summed E-state index contributed by atoms with van der Waals surface area (Å²) in [6, 6.07) is 75.3. The fourth-order valence-electron chi connectivity index (χ4n) is 8.28. The summed E-state index contributed by atoms with van der Waals surface area (Å²) in [5.41, 5.74) is 11.7. The Hall–Kier alpha value is -6.94. The molecule has 3 heteroatoms. The average molecular weight is 719 g/mol. The van der Waals surface area contributed by atoms with Crippen LogP contribution in [-0.4, -0.2) is 4.57 Å². The first kappa shape index (κ1) is 31.6. The van der Waals surface area contributed by atoms with Crippen molar-refractivity contribution in [3.63, 3.8) is 0 Å². The molecule has 0 N–H and O–H groups in total. The lowest BCUT2D eigenvalue weighted by molar-refractivity contribution is 1.18. The number of aromatic nitrogens is 1. The molecular weight excluding hydrogens is 685 g/mol. The van der Waals surface area contributed by atoms with E-state index in [1.165, 1.54) is 75.0 Å². The van der Waals surface area contributed by atoms with Crippen molar-refractivity contribution in [3.05, 3.63) is 206 Å². The van der Waals surface area contributed by atoms with Crippen LogP contribution in [0.2, 0.25) is 0 Å². The van der Waals surface area contributed by atoms with Crippen LogP contribution >= 0.6 is 11.3 Å². The number of fused-ring (bicyclic) bond motifs is 7.